The van der Waals surface area contributed by atoms with Crippen molar-refractivity contribution in [2.75, 3.05) is 36.1 Å². The number of nitrogens with one attached hydrogen (secondary N) is 2. The number of anilines is 4. The smallest absolute Gasteiger partial charge is 0.227 e. The zero-order valence-electron chi connectivity index (χ0n) is 21.4. The van der Waals surface area contributed by atoms with Crippen molar-refractivity contribution in [3.8, 4) is 0 Å². The maximum Gasteiger partial charge on any atom is 0.227 e. The van der Waals surface area contributed by atoms with Crippen LogP contribution in [-0.2, 0) is 17.8 Å². The fraction of sp³-hybridized carbons (Fsp3) is 0.370. The summed E-state index contributed by atoms with van der Waals surface area (Å²) in [4.78, 5) is 24.3. The number of likely N-dealkylation sites (tertiary alicyclic amines) is 1. The molecule has 2 atom stereocenters. The average Bonchev–Trinajstić information content (AvgIpc) is 2.89. The van der Waals surface area contributed by atoms with Gasteiger partial charge in [-0.25, -0.2) is 9.97 Å². The first-order chi connectivity index (χ1) is 17.9. The molecule has 2 aliphatic rings. The number of hydrazine groups is 1. The maximum atomic E-state index is 11.1. The van der Waals surface area contributed by atoms with E-state index in [0.29, 0.717) is 37.7 Å². The summed E-state index contributed by atoms with van der Waals surface area (Å²) in [5.41, 5.74) is 15.0. The van der Waals surface area contributed by atoms with E-state index in [0.717, 1.165) is 47.6 Å². The van der Waals surface area contributed by atoms with Gasteiger partial charge in [-0.05, 0) is 55.7 Å². The lowest BCUT2D eigenvalue weighted by Crippen LogP contribution is -2.55. The number of carbonyl (C=O) groups is 1. The van der Waals surface area contributed by atoms with Crippen LogP contribution in [0.3, 0.4) is 0 Å². The van der Waals surface area contributed by atoms with Crippen LogP contribution < -0.4 is 22.3 Å². The first-order valence-corrected chi connectivity index (χ1v) is 12.5. The monoisotopic (exact) mass is 504 g/mol. The third-order valence-electron chi connectivity index (χ3n) is 6.80. The van der Waals surface area contributed by atoms with Gasteiger partial charge in [-0.1, -0.05) is 18.2 Å². The third kappa shape index (κ3) is 6.73. The number of aryl methyl sites for hydroxylation is 2. The van der Waals surface area contributed by atoms with Gasteiger partial charge in [0.05, 0.1) is 29.2 Å². The molecule has 5 rings (SSSR count). The Kier molecular flexibility index (Phi) is 8.54. The van der Waals surface area contributed by atoms with E-state index in [2.05, 4.69) is 44.7 Å². The van der Waals surface area contributed by atoms with Gasteiger partial charge in [-0.2, -0.15) is 0 Å². The highest BCUT2D eigenvalue weighted by Crippen LogP contribution is 2.25. The van der Waals surface area contributed by atoms with E-state index in [4.69, 9.17) is 11.6 Å². The summed E-state index contributed by atoms with van der Waals surface area (Å²) < 4.78 is 0. The highest BCUT2D eigenvalue weighted by Gasteiger charge is 2.34. The molecule has 10 heteroatoms. The van der Waals surface area contributed by atoms with Crippen LogP contribution >= 0.6 is 0 Å². The van der Waals surface area contributed by atoms with Gasteiger partial charge in [-0.15, -0.1) is 0 Å². The van der Waals surface area contributed by atoms with Gasteiger partial charge < -0.3 is 26.5 Å². The molecule has 0 aliphatic carbocycles. The van der Waals surface area contributed by atoms with Crippen molar-refractivity contribution < 1.29 is 9.90 Å². The molecule has 1 fully saturated rings. The fourth-order valence-corrected chi connectivity index (χ4v) is 4.75. The lowest BCUT2D eigenvalue weighted by Gasteiger charge is -2.42. The Labute approximate surface area is 217 Å². The second-order valence-electron chi connectivity index (χ2n) is 9.64. The van der Waals surface area contributed by atoms with Crippen molar-refractivity contribution in [1.29, 1.82) is 0 Å². The molecule has 2 aliphatic heterocycles. The SMILES string of the molecule is Cc1ccc(NN)c(N)c1.Cc1cccc(Nc2ncc3c(n2)CCN(C2CN(C=O)CCC2O)C3)c1. The molecule has 0 saturated carbocycles. The highest BCUT2D eigenvalue weighted by molar-refractivity contribution is 5.66. The lowest BCUT2D eigenvalue weighted by atomic mass is 9.97. The minimum atomic E-state index is -0.397. The molecule has 1 aromatic heterocycles. The van der Waals surface area contributed by atoms with Crippen molar-refractivity contribution in [2.24, 2.45) is 5.84 Å². The number of carbonyl (C=O) groups excluding carboxylic acids is 1. The summed E-state index contributed by atoms with van der Waals surface area (Å²) in [5, 5.41) is 13.7. The number of aliphatic hydroxyl groups excluding tert-OH is 1. The van der Waals surface area contributed by atoms with E-state index >= 15 is 0 Å². The Hall–Kier alpha value is -3.73. The summed E-state index contributed by atoms with van der Waals surface area (Å²) in [7, 11) is 0. The predicted molar refractivity (Wildman–Crippen MR) is 146 cm³/mol. The number of aliphatic hydroxyl groups is 1. The first kappa shape index (κ1) is 26.3. The largest absolute Gasteiger partial charge is 0.397 e. The van der Waals surface area contributed by atoms with Crippen molar-refractivity contribution in [2.45, 2.75) is 45.4 Å². The molecule has 3 heterocycles. The van der Waals surface area contributed by atoms with Crippen LogP contribution in [0.1, 0.15) is 28.8 Å². The van der Waals surface area contributed by atoms with Gasteiger partial charge in [-0.3, -0.25) is 15.5 Å². The zero-order chi connectivity index (χ0) is 26.4. The highest BCUT2D eigenvalue weighted by atomic mass is 16.3. The summed E-state index contributed by atoms with van der Waals surface area (Å²) in [6.07, 6.45) is 3.79. The number of amides is 1. The second-order valence-corrected chi connectivity index (χ2v) is 9.64. The number of fused-ring (bicyclic) bond motifs is 1. The van der Waals surface area contributed by atoms with Crippen molar-refractivity contribution in [1.82, 2.24) is 19.8 Å². The van der Waals surface area contributed by atoms with Crippen LogP contribution in [0.15, 0.2) is 48.7 Å². The topological polar surface area (TPSA) is 146 Å². The Balaban J connectivity index is 0.000000270. The fourth-order valence-electron chi connectivity index (χ4n) is 4.75. The van der Waals surface area contributed by atoms with E-state index in [1.807, 2.05) is 43.5 Å². The van der Waals surface area contributed by atoms with Crippen LogP contribution in [0.25, 0.3) is 0 Å². The number of nitrogen functional groups attached to an aromatic ring is 2. The molecule has 0 spiro atoms. The van der Waals surface area contributed by atoms with E-state index in [1.165, 1.54) is 5.56 Å². The Morgan fingerprint density at radius 3 is 2.68 bits per heavy atom. The van der Waals surface area contributed by atoms with Crippen LogP contribution in [0.2, 0.25) is 0 Å². The van der Waals surface area contributed by atoms with E-state index in [9.17, 15) is 9.90 Å². The summed E-state index contributed by atoms with van der Waals surface area (Å²) in [5.74, 6) is 5.78. The number of nitrogens with zero attached hydrogens (tertiary/aromatic N) is 4. The number of rotatable bonds is 5. The normalized spacial score (nSPS) is 19.3. The number of aromatic nitrogens is 2. The van der Waals surface area contributed by atoms with Crippen molar-refractivity contribution in [3.63, 3.8) is 0 Å². The van der Waals surface area contributed by atoms with Gasteiger partial charge in [0, 0.05) is 50.0 Å². The number of hydrogen-bond acceptors (Lipinski definition) is 9. The first-order valence-electron chi connectivity index (χ1n) is 12.5. The number of benzene rings is 2. The zero-order valence-corrected chi connectivity index (χ0v) is 21.4. The molecule has 0 radical (unpaired) electrons. The minimum Gasteiger partial charge on any atom is -0.397 e. The summed E-state index contributed by atoms with van der Waals surface area (Å²) in [6.45, 7) is 6.77. The number of piperidine rings is 1. The molecule has 0 bridgehead atoms. The van der Waals surface area contributed by atoms with Crippen LogP contribution in [0.5, 0.6) is 0 Å². The van der Waals surface area contributed by atoms with Gasteiger partial charge in [0.2, 0.25) is 12.4 Å². The standard InChI is InChI=1S/C20H25N5O2.C7H11N3/c1-14-3-2-4-16(9-14)22-20-21-10-15-11-25(8-5-17(15)23-20)18-12-24(13-26)7-6-19(18)27;1-5-2-3-7(10-9)6(8)4-5/h2-4,9-10,13,18-19,27H,5-8,11-12H2,1H3,(H,21,22,23);2-4,10H,8-9H2,1H3. The molecule has 10 nitrogen and oxygen atoms in total. The molecule has 7 N–H and O–H groups in total. The van der Waals surface area contributed by atoms with Crippen LogP contribution in [0, 0.1) is 13.8 Å². The van der Waals surface area contributed by atoms with Gasteiger partial charge >= 0.3 is 0 Å². The lowest BCUT2D eigenvalue weighted by molar-refractivity contribution is -0.122. The van der Waals surface area contributed by atoms with Gasteiger partial charge in [0.25, 0.3) is 0 Å². The molecule has 2 aromatic carbocycles. The Bertz CT molecular complexity index is 1220. The van der Waals surface area contributed by atoms with Crippen molar-refractivity contribution in [3.05, 3.63) is 71.0 Å². The van der Waals surface area contributed by atoms with Gasteiger partial charge in [0.15, 0.2) is 0 Å². The maximum absolute atomic E-state index is 11.1. The molecule has 1 saturated heterocycles. The quantitative estimate of drug-likeness (QED) is 0.153. The minimum absolute atomic E-state index is 0.0257. The van der Waals surface area contributed by atoms with Gasteiger partial charge in [0.1, 0.15) is 0 Å². The second kappa shape index (κ2) is 12.0. The predicted octanol–water partition coefficient (Wildman–Crippen LogP) is 2.34. The Morgan fingerprint density at radius 2 is 1.95 bits per heavy atom. The molecule has 37 heavy (non-hydrogen) atoms. The molecular weight excluding hydrogens is 468 g/mol. The molecule has 196 valence electrons. The van der Waals surface area contributed by atoms with Crippen LogP contribution in [0.4, 0.5) is 23.0 Å². The molecule has 2 unspecified atom stereocenters. The number of nitrogens with two attached hydrogens (primary N) is 2. The van der Waals surface area contributed by atoms with Crippen molar-refractivity contribution >= 4 is 29.4 Å². The van der Waals surface area contributed by atoms with E-state index in [-0.39, 0.29) is 6.04 Å². The Morgan fingerprint density at radius 1 is 1.14 bits per heavy atom. The number of hydrogen-bond donors (Lipinski definition) is 5. The summed E-state index contributed by atoms with van der Waals surface area (Å²) in [6, 6.07) is 13.8. The molecular formula is C27H36N8O2. The van der Waals surface area contributed by atoms with E-state index in [1.54, 1.807) is 4.90 Å². The molecule has 3 aromatic rings. The van der Waals surface area contributed by atoms with Crippen LogP contribution in [-0.4, -0.2) is 63.1 Å². The third-order valence-corrected chi connectivity index (χ3v) is 6.80. The summed E-state index contributed by atoms with van der Waals surface area (Å²) >= 11 is 0. The van der Waals surface area contributed by atoms with E-state index < -0.39 is 6.10 Å². The average molecular weight is 505 g/mol. The molecule has 1 amide bonds.